The molecule has 3 heteroatoms. The third-order valence-corrected chi connectivity index (χ3v) is 2.14. The Hall–Kier alpha value is -0.830. The first-order valence-corrected chi connectivity index (χ1v) is 5.19. The number of rotatable bonds is 7. The summed E-state index contributed by atoms with van der Waals surface area (Å²) in [4.78, 5) is 12.9. The van der Waals surface area contributed by atoms with E-state index < -0.39 is 0 Å². The summed E-state index contributed by atoms with van der Waals surface area (Å²) >= 11 is 0. The lowest BCUT2D eigenvalue weighted by Crippen LogP contribution is -2.22. The average Bonchev–Trinajstić information content (AvgIpc) is 2.16. The Morgan fingerprint density at radius 3 is 2.29 bits per heavy atom. The van der Waals surface area contributed by atoms with Crippen LogP contribution in [-0.2, 0) is 4.79 Å². The predicted molar refractivity (Wildman–Crippen MR) is 60.0 cm³/mol. The molecule has 0 spiro atoms. The standard InChI is InChI=1S/C11H22N2O/c1-10(11(14)13(2)3)8-6-4-5-7-9-12/h1,4-9,12H2,2-3H3. The Morgan fingerprint density at radius 1 is 1.21 bits per heavy atom. The molecule has 3 nitrogen and oxygen atoms in total. The Balaban J connectivity index is 3.49. The Kier molecular flexibility index (Phi) is 7.11. The molecule has 0 aliphatic carbocycles. The molecule has 0 aromatic rings. The molecule has 0 aromatic carbocycles. The van der Waals surface area contributed by atoms with Crippen molar-refractivity contribution in [2.24, 2.45) is 5.73 Å². The van der Waals surface area contributed by atoms with Crippen LogP contribution < -0.4 is 5.73 Å². The molecule has 82 valence electrons. The van der Waals surface area contributed by atoms with Crippen molar-refractivity contribution in [1.82, 2.24) is 4.90 Å². The fraction of sp³-hybridized carbons (Fsp3) is 0.727. The predicted octanol–water partition coefficient (Wildman–Crippen LogP) is 1.54. The first-order chi connectivity index (χ1) is 6.59. The van der Waals surface area contributed by atoms with Crippen molar-refractivity contribution >= 4 is 5.91 Å². The second-order valence-electron chi connectivity index (χ2n) is 3.76. The maximum absolute atomic E-state index is 11.4. The summed E-state index contributed by atoms with van der Waals surface area (Å²) < 4.78 is 0. The molecular weight excluding hydrogens is 176 g/mol. The van der Waals surface area contributed by atoms with E-state index in [1.54, 1.807) is 19.0 Å². The smallest absolute Gasteiger partial charge is 0.248 e. The Bertz CT molecular complexity index is 188. The molecule has 0 saturated heterocycles. The van der Waals surface area contributed by atoms with Gasteiger partial charge in [-0.1, -0.05) is 19.4 Å². The number of carbonyl (C=O) groups is 1. The van der Waals surface area contributed by atoms with Crippen LogP contribution in [0, 0.1) is 0 Å². The molecule has 0 heterocycles. The molecule has 1 amide bonds. The van der Waals surface area contributed by atoms with E-state index in [0.717, 1.165) is 38.6 Å². The molecule has 0 aliphatic rings. The van der Waals surface area contributed by atoms with E-state index in [1.165, 1.54) is 0 Å². The highest BCUT2D eigenvalue weighted by molar-refractivity contribution is 5.92. The van der Waals surface area contributed by atoms with Crippen LogP contribution >= 0.6 is 0 Å². The third kappa shape index (κ3) is 5.75. The Labute approximate surface area is 87.0 Å². The van der Waals surface area contributed by atoms with Gasteiger partial charge < -0.3 is 10.6 Å². The van der Waals surface area contributed by atoms with Gasteiger partial charge in [-0.05, 0) is 25.8 Å². The number of likely N-dealkylation sites (N-methyl/N-ethyl adjacent to an activating group) is 1. The zero-order chi connectivity index (χ0) is 11.0. The molecule has 0 fully saturated rings. The van der Waals surface area contributed by atoms with E-state index in [9.17, 15) is 4.79 Å². The SMILES string of the molecule is C=C(CCCCCCN)C(=O)N(C)C. The van der Waals surface area contributed by atoms with Crippen molar-refractivity contribution in [1.29, 1.82) is 0 Å². The topological polar surface area (TPSA) is 46.3 Å². The van der Waals surface area contributed by atoms with Crippen molar-refractivity contribution in [2.75, 3.05) is 20.6 Å². The van der Waals surface area contributed by atoms with Crippen LogP contribution in [0.1, 0.15) is 32.1 Å². The number of amides is 1. The lowest BCUT2D eigenvalue weighted by atomic mass is 10.1. The second kappa shape index (κ2) is 7.56. The Morgan fingerprint density at radius 2 is 1.79 bits per heavy atom. The maximum atomic E-state index is 11.4. The minimum atomic E-state index is 0.0452. The van der Waals surface area contributed by atoms with Gasteiger partial charge >= 0.3 is 0 Å². The number of unbranched alkanes of at least 4 members (excludes halogenated alkanes) is 3. The van der Waals surface area contributed by atoms with Gasteiger partial charge in [0, 0.05) is 19.7 Å². The summed E-state index contributed by atoms with van der Waals surface area (Å²) in [6.45, 7) is 4.54. The lowest BCUT2D eigenvalue weighted by Gasteiger charge is -2.11. The monoisotopic (exact) mass is 198 g/mol. The fourth-order valence-electron chi connectivity index (χ4n) is 1.26. The van der Waals surface area contributed by atoms with E-state index >= 15 is 0 Å². The molecule has 0 rings (SSSR count). The van der Waals surface area contributed by atoms with E-state index in [4.69, 9.17) is 5.73 Å². The largest absolute Gasteiger partial charge is 0.345 e. The normalized spacial score (nSPS) is 9.93. The molecule has 0 aromatic heterocycles. The second-order valence-corrected chi connectivity index (χ2v) is 3.76. The highest BCUT2D eigenvalue weighted by atomic mass is 16.2. The first kappa shape index (κ1) is 13.2. The number of hydrogen-bond acceptors (Lipinski definition) is 2. The maximum Gasteiger partial charge on any atom is 0.248 e. The van der Waals surface area contributed by atoms with E-state index in [1.807, 2.05) is 0 Å². The highest BCUT2D eigenvalue weighted by Gasteiger charge is 2.07. The highest BCUT2D eigenvalue weighted by Crippen LogP contribution is 2.09. The molecule has 2 N–H and O–H groups in total. The zero-order valence-corrected chi connectivity index (χ0v) is 9.38. The summed E-state index contributed by atoms with van der Waals surface area (Å²) in [7, 11) is 3.50. The summed E-state index contributed by atoms with van der Waals surface area (Å²) in [6, 6.07) is 0. The van der Waals surface area contributed by atoms with Crippen molar-refractivity contribution in [3.63, 3.8) is 0 Å². The zero-order valence-electron chi connectivity index (χ0n) is 9.38. The van der Waals surface area contributed by atoms with Crippen LogP contribution in [0.4, 0.5) is 0 Å². The molecule has 0 aliphatic heterocycles. The first-order valence-electron chi connectivity index (χ1n) is 5.19. The summed E-state index contributed by atoms with van der Waals surface area (Å²) in [6.07, 6.45) is 5.21. The van der Waals surface area contributed by atoms with Gasteiger partial charge in [-0.25, -0.2) is 0 Å². The van der Waals surface area contributed by atoms with Gasteiger partial charge in [0.05, 0.1) is 0 Å². The fourth-order valence-corrected chi connectivity index (χ4v) is 1.26. The summed E-state index contributed by atoms with van der Waals surface area (Å²) in [5, 5.41) is 0. The van der Waals surface area contributed by atoms with Crippen molar-refractivity contribution in [2.45, 2.75) is 32.1 Å². The molecule has 0 bridgehead atoms. The minimum Gasteiger partial charge on any atom is -0.345 e. The van der Waals surface area contributed by atoms with E-state index in [-0.39, 0.29) is 5.91 Å². The molecule has 14 heavy (non-hydrogen) atoms. The van der Waals surface area contributed by atoms with Crippen molar-refractivity contribution < 1.29 is 4.79 Å². The van der Waals surface area contributed by atoms with Crippen LogP contribution in [0.5, 0.6) is 0 Å². The number of nitrogens with two attached hydrogens (primary N) is 1. The van der Waals surface area contributed by atoms with Crippen LogP contribution in [0.2, 0.25) is 0 Å². The molecule has 0 saturated carbocycles. The molecular formula is C11H22N2O. The van der Waals surface area contributed by atoms with Gasteiger partial charge in [0.15, 0.2) is 0 Å². The van der Waals surface area contributed by atoms with Gasteiger partial charge in [-0.15, -0.1) is 0 Å². The minimum absolute atomic E-state index is 0.0452. The quantitative estimate of drug-likeness (QED) is 0.498. The molecule has 0 radical (unpaired) electrons. The van der Waals surface area contributed by atoms with Gasteiger partial charge in [0.2, 0.25) is 5.91 Å². The molecule has 0 unspecified atom stereocenters. The average molecular weight is 198 g/mol. The van der Waals surface area contributed by atoms with Crippen molar-refractivity contribution in [3.05, 3.63) is 12.2 Å². The van der Waals surface area contributed by atoms with Crippen LogP contribution in [-0.4, -0.2) is 31.4 Å². The lowest BCUT2D eigenvalue weighted by molar-refractivity contribution is -0.124. The summed E-state index contributed by atoms with van der Waals surface area (Å²) in [5.41, 5.74) is 6.09. The summed E-state index contributed by atoms with van der Waals surface area (Å²) in [5.74, 6) is 0.0452. The number of carbonyl (C=O) groups excluding carboxylic acids is 1. The number of nitrogens with zero attached hydrogens (tertiary/aromatic N) is 1. The molecule has 0 atom stereocenters. The van der Waals surface area contributed by atoms with Crippen LogP contribution in [0.25, 0.3) is 0 Å². The van der Waals surface area contributed by atoms with Gasteiger partial charge in [0.1, 0.15) is 0 Å². The van der Waals surface area contributed by atoms with Crippen LogP contribution in [0.15, 0.2) is 12.2 Å². The van der Waals surface area contributed by atoms with Gasteiger partial charge in [0.25, 0.3) is 0 Å². The van der Waals surface area contributed by atoms with Gasteiger partial charge in [-0.2, -0.15) is 0 Å². The third-order valence-electron chi connectivity index (χ3n) is 2.14. The van der Waals surface area contributed by atoms with Crippen molar-refractivity contribution in [3.8, 4) is 0 Å². The van der Waals surface area contributed by atoms with E-state index in [0.29, 0.717) is 5.57 Å². The van der Waals surface area contributed by atoms with E-state index in [2.05, 4.69) is 6.58 Å². The number of hydrogen-bond donors (Lipinski definition) is 1. The van der Waals surface area contributed by atoms with Gasteiger partial charge in [-0.3, -0.25) is 4.79 Å². The van der Waals surface area contributed by atoms with Crippen LogP contribution in [0.3, 0.4) is 0 Å².